The van der Waals surface area contributed by atoms with E-state index in [0.717, 1.165) is 17.1 Å². The van der Waals surface area contributed by atoms with Gasteiger partial charge in [0.2, 0.25) is 5.91 Å². The van der Waals surface area contributed by atoms with Gasteiger partial charge in [0.1, 0.15) is 11.6 Å². The van der Waals surface area contributed by atoms with Gasteiger partial charge < -0.3 is 14.9 Å². The monoisotopic (exact) mass is 359 g/mol. The second kappa shape index (κ2) is 6.87. The first-order valence-corrected chi connectivity index (χ1v) is 8.47. The number of para-hydroxylation sites is 1. The zero-order chi connectivity index (χ0) is 18.8. The SMILES string of the molecule is CC(=O)Nc1ccc(-c2nccn2Cc2nc3ccccc3c(=O)[nH]2)cc1. The van der Waals surface area contributed by atoms with E-state index in [1.54, 1.807) is 12.3 Å². The van der Waals surface area contributed by atoms with Crippen LogP contribution in [0.1, 0.15) is 12.7 Å². The smallest absolute Gasteiger partial charge is 0.258 e. The van der Waals surface area contributed by atoms with Crippen molar-refractivity contribution in [3.05, 3.63) is 77.1 Å². The first-order chi connectivity index (χ1) is 13.1. The summed E-state index contributed by atoms with van der Waals surface area (Å²) in [5.41, 5.74) is 2.14. The van der Waals surface area contributed by atoms with Gasteiger partial charge >= 0.3 is 0 Å². The fourth-order valence-corrected chi connectivity index (χ4v) is 2.97. The average Bonchev–Trinajstić information content (AvgIpc) is 3.10. The number of aromatic nitrogens is 4. The summed E-state index contributed by atoms with van der Waals surface area (Å²) in [6, 6.07) is 14.7. The molecule has 0 aliphatic rings. The maximum absolute atomic E-state index is 12.3. The molecule has 0 unspecified atom stereocenters. The molecule has 0 saturated heterocycles. The van der Waals surface area contributed by atoms with Gasteiger partial charge in [0.25, 0.3) is 5.56 Å². The van der Waals surface area contributed by atoms with Crippen LogP contribution in [0.3, 0.4) is 0 Å². The number of nitrogens with one attached hydrogen (secondary N) is 2. The number of nitrogens with zero attached hydrogens (tertiary/aromatic N) is 3. The summed E-state index contributed by atoms with van der Waals surface area (Å²) >= 11 is 0. The van der Waals surface area contributed by atoms with Crippen LogP contribution in [0.4, 0.5) is 5.69 Å². The number of fused-ring (bicyclic) bond motifs is 1. The molecule has 0 saturated carbocycles. The second-order valence-electron chi connectivity index (χ2n) is 6.17. The molecule has 0 spiro atoms. The summed E-state index contributed by atoms with van der Waals surface area (Å²) in [5.74, 6) is 1.20. The molecule has 134 valence electrons. The lowest BCUT2D eigenvalue weighted by Crippen LogP contribution is -2.14. The van der Waals surface area contributed by atoms with Gasteiger partial charge in [-0.1, -0.05) is 12.1 Å². The fourth-order valence-electron chi connectivity index (χ4n) is 2.97. The Hall–Kier alpha value is -3.74. The lowest BCUT2D eigenvalue weighted by atomic mass is 10.2. The minimum absolute atomic E-state index is 0.115. The van der Waals surface area contributed by atoms with E-state index >= 15 is 0 Å². The molecule has 0 aliphatic carbocycles. The molecule has 2 aromatic heterocycles. The third-order valence-electron chi connectivity index (χ3n) is 4.16. The van der Waals surface area contributed by atoms with Crippen LogP contribution < -0.4 is 10.9 Å². The van der Waals surface area contributed by atoms with Crippen molar-refractivity contribution in [2.45, 2.75) is 13.5 Å². The highest BCUT2D eigenvalue weighted by Crippen LogP contribution is 2.20. The number of H-pyrrole nitrogens is 1. The normalized spacial score (nSPS) is 10.9. The minimum atomic E-state index is -0.156. The van der Waals surface area contributed by atoms with Gasteiger partial charge in [-0.05, 0) is 36.4 Å². The zero-order valence-corrected chi connectivity index (χ0v) is 14.6. The Labute approximate surface area is 154 Å². The molecule has 1 amide bonds. The summed E-state index contributed by atoms with van der Waals surface area (Å²) in [6.07, 6.45) is 3.54. The predicted molar refractivity (Wildman–Crippen MR) is 103 cm³/mol. The molecule has 0 aliphatic heterocycles. The number of imidazole rings is 1. The van der Waals surface area contributed by atoms with Gasteiger partial charge in [0.05, 0.1) is 17.4 Å². The van der Waals surface area contributed by atoms with E-state index < -0.39 is 0 Å². The first-order valence-electron chi connectivity index (χ1n) is 8.47. The van der Waals surface area contributed by atoms with Gasteiger partial charge in [0.15, 0.2) is 0 Å². The number of anilines is 1. The molecule has 0 fully saturated rings. The van der Waals surface area contributed by atoms with E-state index in [1.807, 2.05) is 53.2 Å². The van der Waals surface area contributed by atoms with Crippen LogP contribution in [-0.4, -0.2) is 25.4 Å². The van der Waals surface area contributed by atoms with Crippen molar-refractivity contribution < 1.29 is 4.79 Å². The summed E-state index contributed by atoms with van der Waals surface area (Å²) in [7, 11) is 0. The standard InChI is InChI=1S/C20H17N5O2/c1-13(26)22-15-8-6-14(7-9-15)19-21-10-11-25(19)12-18-23-17-5-3-2-4-16(17)20(27)24-18/h2-11H,12H2,1H3,(H,22,26)(H,23,24,27). The lowest BCUT2D eigenvalue weighted by molar-refractivity contribution is -0.114. The number of amides is 1. The topological polar surface area (TPSA) is 92.7 Å². The third kappa shape index (κ3) is 3.48. The van der Waals surface area contributed by atoms with Crippen LogP contribution in [0.15, 0.2) is 65.7 Å². The Morgan fingerprint density at radius 2 is 1.93 bits per heavy atom. The molecule has 2 aromatic carbocycles. The van der Waals surface area contributed by atoms with Crippen molar-refractivity contribution >= 4 is 22.5 Å². The summed E-state index contributed by atoms with van der Waals surface area (Å²) in [5, 5.41) is 3.31. The highest BCUT2D eigenvalue weighted by atomic mass is 16.1. The van der Waals surface area contributed by atoms with Crippen LogP contribution in [0.5, 0.6) is 0 Å². The number of rotatable bonds is 4. The molecule has 0 radical (unpaired) electrons. The van der Waals surface area contributed by atoms with Crippen molar-refractivity contribution in [3.63, 3.8) is 0 Å². The molecule has 4 aromatic rings. The van der Waals surface area contributed by atoms with Crippen LogP contribution in [0, 0.1) is 0 Å². The maximum atomic E-state index is 12.3. The molecule has 4 rings (SSSR count). The highest BCUT2D eigenvalue weighted by Gasteiger charge is 2.09. The number of benzene rings is 2. The Balaban J connectivity index is 1.65. The Kier molecular flexibility index (Phi) is 4.25. The van der Waals surface area contributed by atoms with Crippen LogP contribution in [-0.2, 0) is 11.3 Å². The Morgan fingerprint density at radius 3 is 2.70 bits per heavy atom. The van der Waals surface area contributed by atoms with E-state index in [9.17, 15) is 9.59 Å². The maximum Gasteiger partial charge on any atom is 0.258 e. The van der Waals surface area contributed by atoms with Crippen molar-refractivity contribution in [2.75, 3.05) is 5.32 Å². The van der Waals surface area contributed by atoms with E-state index in [2.05, 4.69) is 20.3 Å². The largest absolute Gasteiger partial charge is 0.326 e. The van der Waals surface area contributed by atoms with E-state index in [0.29, 0.717) is 23.3 Å². The van der Waals surface area contributed by atoms with Crippen LogP contribution in [0.2, 0.25) is 0 Å². The average molecular weight is 359 g/mol. The van der Waals surface area contributed by atoms with Gasteiger partial charge in [-0.3, -0.25) is 9.59 Å². The van der Waals surface area contributed by atoms with Crippen LogP contribution in [0.25, 0.3) is 22.3 Å². The molecule has 2 N–H and O–H groups in total. The van der Waals surface area contributed by atoms with E-state index in [4.69, 9.17) is 0 Å². The van der Waals surface area contributed by atoms with Gasteiger partial charge in [0, 0.05) is 30.6 Å². The molecule has 2 heterocycles. The number of hydrogen-bond acceptors (Lipinski definition) is 4. The van der Waals surface area contributed by atoms with Crippen molar-refractivity contribution in [3.8, 4) is 11.4 Å². The number of carbonyl (C=O) groups excluding carboxylic acids is 1. The number of carbonyl (C=O) groups is 1. The van der Waals surface area contributed by atoms with Crippen LogP contribution >= 0.6 is 0 Å². The Bertz CT molecular complexity index is 1170. The Morgan fingerprint density at radius 1 is 1.15 bits per heavy atom. The fraction of sp³-hybridized carbons (Fsp3) is 0.100. The van der Waals surface area contributed by atoms with E-state index in [1.165, 1.54) is 6.92 Å². The number of aromatic amines is 1. The molecule has 0 bridgehead atoms. The third-order valence-corrected chi connectivity index (χ3v) is 4.16. The van der Waals surface area contributed by atoms with Gasteiger partial charge in [-0.25, -0.2) is 9.97 Å². The van der Waals surface area contributed by atoms with Gasteiger partial charge in [-0.15, -0.1) is 0 Å². The van der Waals surface area contributed by atoms with Crippen molar-refractivity contribution in [2.24, 2.45) is 0 Å². The molecule has 27 heavy (non-hydrogen) atoms. The predicted octanol–water partition coefficient (Wildman–Crippen LogP) is 2.79. The quantitative estimate of drug-likeness (QED) is 0.586. The van der Waals surface area contributed by atoms with E-state index in [-0.39, 0.29) is 11.5 Å². The minimum Gasteiger partial charge on any atom is -0.326 e. The number of hydrogen-bond donors (Lipinski definition) is 2. The first kappa shape index (κ1) is 16.7. The van der Waals surface area contributed by atoms with Gasteiger partial charge in [-0.2, -0.15) is 0 Å². The molecule has 7 nitrogen and oxygen atoms in total. The second-order valence-corrected chi connectivity index (χ2v) is 6.17. The molecular weight excluding hydrogens is 342 g/mol. The van der Waals surface area contributed by atoms with Crippen molar-refractivity contribution in [1.29, 1.82) is 0 Å². The summed E-state index contributed by atoms with van der Waals surface area (Å²) in [4.78, 5) is 35.2. The highest BCUT2D eigenvalue weighted by molar-refractivity contribution is 5.88. The lowest BCUT2D eigenvalue weighted by Gasteiger charge is -2.09. The zero-order valence-electron chi connectivity index (χ0n) is 14.6. The molecular formula is C20H17N5O2. The molecule has 0 atom stereocenters. The molecule has 7 heteroatoms. The summed E-state index contributed by atoms with van der Waals surface area (Å²) in [6.45, 7) is 1.86. The van der Waals surface area contributed by atoms with Crippen molar-refractivity contribution in [1.82, 2.24) is 19.5 Å². The summed E-state index contributed by atoms with van der Waals surface area (Å²) < 4.78 is 1.92.